The minimum atomic E-state index is -0.501. The number of hydrogen-bond acceptors (Lipinski definition) is 7. The monoisotopic (exact) mass is 438 g/mol. The van der Waals surface area contributed by atoms with Crippen molar-refractivity contribution >= 4 is 23.2 Å². The van der Waals surface area contributed by atoms with E-state index < -0.39 is 5.60 Å². The highest BCUT2D eigenvalue weighted by molar-refractivity contribution is 5.88. The summed E-state index contributed by atoms with van der Waals surface area (Å²) >= 11 is 0. The van der Waals surface area contributed by atoms with E-state index in [2.05, 4.69) is 22.1 Å². The molecule has 2 aromatic heterocycles. The van der Waals surface area contributed by atoms with Gasteiger partial charge in [0.05, 0.1) is 13.4 Å². The van der Waals surface area contributed by atoms with Gasteiger partial charge in [-0.25, -0.2) is 14.8 Å². The number of aromatic nitrogens is 4. The first-order valence-corrected chi connectivity index (χ1v) is 10.9. The minimum absolute atomic E-state index is 0.322. The summed E-state index contributed by atoms with van der Waals surface area (Å²) < 4.78 is 12.6. The van der Waals surface area contributed by atoms with E-state index in [0.717, 1.165) is 47.8 Å². The number of nitrogens with one attached hydrogen (secondary N) is 1. The van der Waals surface area contributed by atoms with Gasteiger partial charge in [-0.3, -0.25) is 0 Å². The van der Waals surface area contributed by atoms with E-state index in [9.17, 15) is 4.79 Å². The first kappa shape index (κ1) is 21.9. The number of carbonyl (C=O) groups excluding carboxylic acids is 1. The molecule has 9 nitrogen and oxygen atoms in total. The summed E-state index contributed by atoms with van der Waals surface area (Å²) in [6, 6.07) is 7.81. The fraction of sp³-hybridized carbons (Fsp3) is 0.478. The molecule has 1 N–H and O–H groups in total. The molecule has 1 aliphatic heterocycles. The molecular weight excluding hydrogens is 408 g/mol. The Morgan fingerprint density at radius 1 is 1.19 bits per heavy atom. The fourth-order valence-electron chi connectivity index (χ4n) is 3.66. The minimum Gasteiger partial charge on any atom is -0.497 e. The average Bonchev–Trinajstić information content (AvgIpc) is 3.14. The smallest absolute Gasteiger partial charge is 0.407 e. The molecular formula is C23H30N6O3. The van der Waals surface area contributed by atoms with E-state index >= 15 is 0 Å². The third kappa shape index (κ3) is 4.61. The van der Waals surface area contributed by atoms with E-state index in [0.29, 0.717) is 18.4 Å². The van der Waals surface area contributed by atoms with Gasteiger partial charge in [0, 0.05) is 37.7 Å². The summed E-state index contributed by atoms with van der Waals surface area (Å²) in [6.45, 7) is 10.5. The van der Waals surface area contributed by atoms with Crippen LogP contribution < -0.4 is 15.0 Å². The average molecular weight is 439 g/mol. The number of rotatable bonds is 6. The summed E-state index contributed by atoms with van der Waals surface area (Å²) in [5, 5.41) is 2.85. The molecule has 1 aliphatic rings. The Labute approximate surface area is 187 Å². The molecule has 3 heterocycles. The van der Waals surface area contributed by atoms with Crippen molar-refractivity contribution in [3.05, 3.63) is 30.6 Å². The molecule has 9 heteroatoms. The summed E-state index contributed by atoms with van der Waals surface area (Å²) in [7, 11) is 1.65. The second-order valence-electron chi connectivity index (χ2n) is 8.96. The van der Waals surface area contributed by atoms with Crippen molar-refractivity contribution < 1.29 is 14.3 Å². The van der Waals surface area contributed by atoms with Crippen LogP contribution in [0, 0.1) is 5.92 Å². The predicted molar refractivity (Wildman–Crippen MR) is 123 cm³/mol. The molecule has 0 saturated carbocycles. The lowest BCUT2D eigenvalue weighted by Crippen LogP contribution is -2.52. The Balaban J connectivity index is 1.52. The van der Waals surface area contributed by atoms with Crippen LogP contribution in [0.3, 0.4) is 0 Å². The van der Waals surface area contributed by atoms with Gasteiger partial charge in [0.1, 0.15) is 22.6 Å². The van der Waals surface area contributed by atoms with Crippen molar-refractivity contribution in [2.45, 2.75) is 39.8 Å². The molecule has 4 rings (SSSR count). The molecule has 0 unspecified atom stereocenters. The maximum absolute atomic E-state index is 11.9. The molecule has 32 heavy (non-hydrogen) atoms. The second kappa shape index (κ2) is 8.64. The highest BCUT2D eigenvalue weighted by Gasteiger charge is 2.31. The van der Waals surface area contributed by atoms with Crippen LogP contribution in [0.25, 0.3) is 22.4 Å². The van der Waals surface area contributed by atoms with E-state index in [1.807, 2.05) is 49.6 Å². The zero-order valence-electron chi connectivity index (χ0n) is 19.3. The highest BCUT2D eigenvalue weighted by atomic mass is 16.6. The van der Waals surface area contributed by atoms with Crippen molar-refractivity contribution in [3.8, 4) is 17.0 Å². The van der Waals surface area contributed by atoms with Crippen LogP contribution >= 0.6 is 0 Å². The number of alkyl carbamates (subject to hydrolysis) is 1. The maximum atomic E-state index is 11.9. The van der Waals surface area contributed by atoms with Gasteiger partial charge in [0.2, 0.25) is 5.95 Å². The van der Waals surface area contributed by atoms with Crippen molar-refractivity contribution in [2.75, 3.05) is 31.6 Å². The van der Waals surface area contributed by atoms with Crippen LogP contribution in [0.5, 0.6) is 5.75 Å². The molecule has 0 atom stereocenters. The Bertz CT molecular complexity index is 1100. The number of benzene rings is 1. The van der Waals surface area contributed by atoms with Gasteiger partial charge in [-0.05, 0) is 52.0 Å². The number of methoxy groups -OCH3 is 1. The van der Waals surface area contributed by atoms with Gasteiger partial charge in [0.25, 0.3) is 0 Å². The van der Waals surface area contributed by atoms with Crippen LogP contribution in [-0.2, 0) is 11.3 Å². The Morgan fingerprint density at radius 3 is 2.53 bits per heavy atom. The number of hydrogen-bond donors (Lipinski definition) is 1. The van der Waals surface area contributed by atoms with Gasteiger partial charge < -0.3 is 24.3 Å². The third-order valence-corrected chi connectivity index (χ3v) is 5.33. The number of imidazole rings is 1. The van der Waals surface area contributed by atoms with Gasteiger partial charge in [-0.15, -0.1) is 0 Å². The number of anilines is 1. The first-order valence-electron chi connectivity index (χ1n) is 10.9. The van der Waals surface area contributed by atoms with Crippen molar-refractivity contribution in [1.29, 1.82) is 0 Å². The summed E-state index contributed by atoms with van der Waals surface area (Å²) in [5.41, 5.74) is 2.86. The van der Waals surface area contributed by atoms with E-state index in [1.165, 1.54) is 0 Å². The molecule has 0 radical (unpaired) electrons. The lowest BCUT2D eigenvalue weighted by Gasteiger charge is -2.39. The molecule has 0 spiro atoms. The Hall–Kier alpha value is -3.36. The molecule has 0 aliphatic carbocycles. The number of fused-ring (bicyclic) bond motifs is 1. The molecule has 1 aromatic carbocycles. The van der Waals surface area contributed by atoms with Gasteiger partial charge >= 0.3 is 6.09 Å². The SMILES string of the molecule is CCn1cnc2c(-c3ccc(OC)cc3)nc(N3CC(CNC(=O)OC(C)(C)C)C3)nc21. The number of ether oxygens (including phenoxy) is 2. The molecule has 3 aromatic rings. The van der Waals surface area contributed by atoms with Crippen LogP contribution in [0.4, 0.5) is 10.7 Å². The van der Waals surface area contributed by atoms with Gasteiger partial charge in [0.15, 0.2) is 5.65 Å². The summed E-state index contributed by atoms with van der Waals surface area (Å²) in [4.78, 5) is 28.3. The third-order valence-electron chi connectivity index (χ3n) is 5.33. The lowest BCUT2D eigenvalue weighted by molar-refractivity contribution is 0.0516. The fourth-order valence-corrected chi connectivity index (χ4v) is 3.66. The summed E-state index contributed by atoms with van der Waals surface area (Å²) in [5.74, 6) is 1.79. The molecule has 1 amide bonds. The first-order chi connectivity index (χ1) is 15.3. The molecule has 1 fully saturated rings. The Kier molecular flexibility index (Phi) is 5.90. The van der Waals surface area contributed by atoms with Crippen LogP contribution in [0.15, 0.2) is 30.6 Å². The van der Waals surface area contributed by atoms with E-state index in [4.69, 9.17) is 19.4 Å². The number of aryl methyl sites for hydroxylation is 1. The Morgan fingerprint density at radius 2 is 1.91 bits per heavy atom. The summed E-state index contributed by atoms with van der Waals surface area (Å²) in [6.07, 6.45) is 1.42. The van der Waals surface area contributed by atoms with Crippen LogP contribution in [0.2, 0.25) is 0 Å². The van der Waals surface area contributed by atoms with Gasteiger partial charge in [-0.2, -0.15) is 4.98 Å². The highest BCUT2D eigenvalue weighted by Crippen LogP contribution is 2.30. The van der Waals surface area contributed by atoms with Crippen molar-refractivity contribution in [2.24, 2.45) is 5.92 Å². The topological polar surface area (TPSA) is 94.4 Å². The van der Waals surface area contributed by atoms with E-state index in [1.54, 1.807) is 13.4 Å². The standard InChI is InChI=1S/C23H30N6O3/c1-6-28-14-25-19-18(16-7-9-17(31-5)10-8-16)26-21(27-20(19)28)29-12-15(13-29)11-24-22(30)32-23(2,3)4/h7-10,14-15H,6,11-13H2,1-5H3,(H,24,30). The quantitative estimate of drug-likeness (QED) is 0.630. The van der Waals surface area contributed by atoms with Crippen LogP contribution in [0.1, 0.15) is 27.7 Å². The molecule has 0 bridgehead atoms. The van der Waals surface area contributed by atoms with Gasteiger partial charge in [-0.1, -0.05) is 0 Å². The lowest BCUT2D eigenvalue weighted by atomic mass is 10.0. The second-order valence-corrected chi connectivity index (χ2v) is 8.96. The largest absolute Gasteiger partial charge is 0.497 e. The zero-order chi connectivity index (χ0) is 22.9. The van der Waals surface area contributed by atoms with E-state index in [-0.39, 0.29) is 6.09 Å². The van der Waals surface area contributed by atoms with Crippen molar-refractivity contribution in [3.63, 3.8) is 0 Å². The maximum Gasteiger partial charge on any atom is 0.407 e. The molecule has 1 saturated heterocycles. The predicted octanol–water partition coefficient (Wildman–Crippen LogP) is 3.48. The van der Waals surface area contributed by atoms with Crippen molar-refractivity contribution in [1.82, 2.24) is 24.8 Å². The number of carbonyl (C=O) groups is 1. The zero-order valence-corrected chi connectivity index (χ0v) is 19.3. The number of nitrogens with zero attached hydrogens (tertiary/aromatic N) is 5. The number of amides is 1. The van der Waals surface area contributed by atoms with Crippen LogP contribution in [-0.4, -0.2) is 58.0 Å². The normalized spacial score (nSPS) is 14.3. The molecule has 170 valence electrons.